The fourth-order valence-electron chi connectivity index (χ4n) is 6.58. The first-order valence-electron chi connectivity index (χ1n) is 12.3. The van der Waals surface area contributed by atoms with Gasteiger partial charge in [0.25, 0.3) is 0 Å². The van der Waals surface area contributed by atoms with Crippen molar-refractivity contribution in [2.45, 2.75) is 51.4 Å². The van der Waals surface area contributed by atoms with E-state index in [-0.39, 0.29) is 10.8 Å². The summed E-state index contributed by atoms with van der Waals surface area (Å²) in [6, 6.07) is 33.8. The molecule has 1 aliphatic heterocycles. The zero-order valence-electron chi connectivity index (χ0n) is 20.0. The van der Waals surface area contributed by atoms with Crippen LogP contribution < -0.4 is 4.90 Å². The van der Waals surface area contributed by atoms with Gasteiger partial charge in [0.15, 0.2) is 0 Å². The van der Waals surface area contributed by atoms with Gasteiger partial charge >= 0.3 is 0 Å². The summed E-state index contributed by atoms with van der Waals surface area (Å²) >= 11 is 0. The molecule has 0 bridgehead atoms. The van der Waals surface area contributed by atoms with Gasteiger partial charge < -0.3 is 4.90 Å². The van der Waals surface area contributed by atoms with E-state index in [4.69, 9.17) is 0 Å². The lowest BCUT2D eigenvalue weighted by Gasteiger charge is -2.43. The van der Waals surface area contributed by atoms with Crippen molar-refractivity contribution < 1.29 is 0 Å². The minimum Gasteiger partial charge on any atom is -0.309 e. The normalized spacial score (nSPS) is 16.5. The first kappa shape index (κ1) is 20.3. The molecule has 0 aromatic heterocycles. The molecule has 0 atom stereocenters. The maximum Gasteiger partial charge on any atom is 0.0584 e. The van der Waals surface area contributed by atoms with E-state index in [9.17, 15) is 0 Å². The minimum absolute atomic E-state index is 0.0738. The summed E-state index contributed by atoms with van der Waals surface area (Å²) in [4.78, 5) is 2.52. The molecule has 4 aromatic carbocycles. The first-order valence-corrected chi connectivity index (χ1v) is 12.3. The SMILES string of the molecule is CCC1(CC)c2ccccc2-c2c1ccc1c2N(c2ccccc2)c2ccccc2C1(C)C. The second-order valence-electron chi connectivity index (χ2n) is 10.0. The first-order chi connectivity index (χ1) is 16.0. The van der Waals surface area contributed by atoms with Crippen LogP contribution in [-0.4, -0.2) is 0 Å². The number of rotatable bonds is 3. The Morgan fingerprint density at radius 1 is 0.606 bits per heavy atom. The highest BCUT2D eigenvalue weighted by Crippen LogP contribution is 2.61. The molecule has 2 aliphatic rings. The van der Waals surface area contributed by atoms with Crippen molar-refractivity contribution in [3.8, 4) is 11.1 Å². The zero-order valence-corrected chi connectivity index (χ0v) is 20.0. The van der Waals surface area contributed by atoms with Crippen molar-refractivity contribution in [1.29, 1.82) is 0 Å². The Morgan fingerprint density at radius 2 is 1.21 bits per heavy atom. The summed E-state index contributed by atoms with van der Waals surface area (Å²) in [6.07, 6.45) is 2.22. The van der Waals surface area contributed by atoms with Crippen molar-refractivity contribution in [2.75, 3.05) is 4.90 Å². The Bertz CT molecular complexity index is 1360. The van der Waals surface area contributed by atoms with Gasteiger partial charge in [0.1, 0.15) is 0 Å². The van der Waals surface area contributed by atoms with Gasteiger partial charge in [0, 0.05) is 22.1 Å². The summed E-state index contributed by atoms with van der Waals surface area (Å²) in [5.41, 5.74) is 12.5. The minimum atomic E-state index is -0.0785. The molecule has 0 spiro atoms. The Morgan fingerprint density at radius 3 is 1.94 bits per heavy atom. The molecule has 1 heteroatoms. The van der Waals surface area contributed by atoms with Crippen LogP contribution in [0.1, 0.15) is 62.8 Å². The van der Waals surface area contributed by atoms with E-state index >= 15 is 0 Å². The van der Waals surface area contributed by atoms with Crippen molar-refractivity contribution in [2.24, 2.45) is 0 Å². The van der Waals surface area contributed by atoms with Crippen molar-refractivity contribution in [1.82, 2.24) is 0 Å². The lowest BCUT2D eigenvalue weighted by molar-refractivity contribution is 0.490. The molecule has 0 saturated carbocycles. The highest BCUT2D eigenvalue weighted by atomic mass is 15.2. The monoisotopic (exact) mass is 429 g/mol. The maximum absolute atomic E-state index is 2.52. The van der Waals surface area contributed by atoms with E-state index in [1.807, 2.05) is 0 Å². The predicted octanol–water partition coefficient (Wildman–Crippen LogP) is 8.88. The average molecular weight is 430 g/mol. The van der Waals surface area contributed by atoms with E-state index in [2.05, 4.69) is 124 Å². The number of para-hydroxylation sites is 2. The number of benzene rings is 4. The van der Waals surface area contributed by atoms with E-state index in [1.54, 1.807) is 0 Å². The topological polar surface area (TPSA) is 3.24 Å². The third-order valence-corrected chi connectivity index (χ3v) is 8.34. The van der Waals surface area contributed by atoms with Gasteiger partial charge in [-0.1, -0.05) is 100 Å². The fourth-order valence-corrected chi connectivity index (χ4v) is 6.58. The van der Waals surface area contributed by atoms with E-state index in [0.717, 1.165) is 12.8 Å². The molecule has 0 radical (unpaired) electrons. The second-order valence-corrected chi connectivity index (χ2v) is 10.0. The molecular formula is C32H31N. The number of hydrogen-bond donors (Lipinski definition) is 0. The van der Waals surface area contributed by atoms with E-state index < -0.39 is 0 Å². The zero-order chi connectivity index (χ0) is 22.8. The molecule has 164 valence electrons. The van der Waals surface area contributed by atoms with Crippen LogP contribution in [0.25, 0.3) is 11.1 Å². The quantitative estimate of drug-likeness (QED) is 0.314. The third-order valence-electron chi connectivity index (χ3n) is 8.34. The van der Waals surface area contributed by atoms with Crippen LogP contribution in [0.5, 0.6) is 0 Å². The Labute approximate surface area is 197 Å². The van der Waals surface area contributed by atoms with Gasteiger partial charge in [0.05, 0.1) is 11.4 Å². The van der Waals surface area contributed by atoms with Gasteiger partial charge in [-0.15, -0.1) is 0 Å². The molecule has 0 N–H and O–H groups in total. The molecule has 0 unspecified atom stereocenters. The van der Waals surface area contributed by atoms with Gasteiger partial charge in [-0.3, -0.25) is 0 Å². The third kappa shape index (κ3) is 2.54. The van der Waals surface area contributed by atoms with Crippen LogP contribution in [0.4, 0.5) is 17.1 Å². The van der Waals surface area contributed by atoms with Crippen LogP contribution in [0, 0.1) is 0 Å². The van der Waals surface area contributed by atoms with Crippen molar-refractivity contribution in [3.05, 3.63) is 113 Å². The van der Waals surface area contributed by atoms with E-state index in [1.165, 1.54) is 50.4 Å². The smallest absolute Gasteiger partial charge is 0.0584 e. The summed E-state index contributed by atoms with van der Waals surface area (Å²) in [6.45, 7) is 9.46. The molecule has 1 heterocycles. The lowest BCUT2D eigenvalue weighted by atomic mass is 9.70. The molecule has 33 heavy (non-hydrogen) atoms. The number of nitrogens with zero attached hydrogens (tertiary/aromatic N) is 1. The lowest BCUT2D eigenvalue weighted by Crippen LogP contribution is -2.31. The number of anilines is 3. The number of hydrogen-bond acceptors (Lipinski definition) is 1. The van der Waals surface area contributed by atoms with Gasteiger partial charge in [-0.25, -0.2) is 0 Å². The molecule has 6 rings (SSSR count). The van der Waals surface area contributed by atoms with Crippen LogP contribution in [0.15, 0.2) is 91.0 Å². The van der Waals surface area contributed by atoms with E-state index in [0.29, 0.717) is 0 Å². The van der Waals surface area contributed by atoms with Gasteiger partial charge in [-0.2, -0.15) is 0 Å². The molecule has 0 saturated heterocycles. The predicted molar refractivity (Wildman–Crippen MR) is 140 cm³/mol. The Hall–Kier alpha value is -3.32. The second kappa shape index (κ2) is 7.09. The fraction of sp³-hybridized carbons (Fsp3) is 0.250. The molecule has 1 aliphatic carbocycles. The summed E-state index contributed by atoms with van der Waals surface area (Å²) in [7, 11) is 0. The maximum atomic E-state index is 2.52. The average Bonchev–Trinajstić information content (AvgIpc) is 3.15. The van der Waals surface area contributed by atoms with Gasteiger partial charge in [0.2, 0.25) is 0 Å². The molecular weight excluding hydrogens is 398 g/mol. The molecule has 4 aromatic rings. The molecule has 0 fully saturated rings. The highest BCUT2D eigenvalue weighted by Gasteiger charge is 2.46. The van der Waals surface area contributed by atoms with Crippen molar-refractivity contribution in [3.63, 3.8) is 0 Å². The standard InChI is InChI=1S/C32H31N/c1-5-32(6-2)24-17-11-10-16-23(24)29-26(32)20-21-27-30(29)33(22-14-8-7-9-15-22)28-19-13-12-18-25(28)31(27,3)4/h7-21H,5-6H2,1-4H3. The van der Waals surface area contributed by atoms with Crippen LogP contribution in [0.3, 0.4) is 0 Å². The molecule has 1 nitrogen and oxygen atoms in total. The summed E-state index contributed by atoms with van der Waals surface area (Å²) in [5.74, 6) is 0. The highest BCUT2D eigenvalue weighted by molar-refractivity contribution is 5.99. The summed E-state index contributed by atoms with van der Waals surface area (Å²) < 4.78 is 0. The van der Waals surface area contributed by atoms with Crippen LogP contribution >= 0.6 is 0 Å². The largest absolute Gasteiger partial charge is 0.309 e. The summed E-state index contributed by atoms with van der Waals surface area (Å²) in [5, 5.41) is 0. The van der Waals surface area contributed by atoms with Crippen molar-refractivity contribution >= 4 is 17.1 Å². The molecule has 0 amide bonds. The van der Waals surface area contributed by atoms with Gasteiger partial charge in [-0.05, 0) is 58.9 Å². The Kier molecular flexibility index (Phi) is 4.36. The number of fused-ring (bicyclic) bond motifs is 6. The Balaban J connectivity index is 1.78. The van der Waals surface area contributed by atoms with Crippen LogP contribution in [-0.2, 0) is 10.8 Å². The van der Waals surface area contributed by atoms with Crippen LogP contribution in [0.2, 0.25) is 0 Å².